The average molecular weight is 753 g/mol. The molecule has 0 saturated heterocycles. The number of rotatable bonds is 14. The van der Waals surface area contributed by atoms with Crippen LogP contribution in [0.15, 0.2) is 18.2 Å². The molecule has 4 aliphatic carbocycles. The lowest BCUT2D eigenvalue weighted by Crippen LogP contribution is -2.67. The number of aryl methyl sites for hydroxylation is 1. The Bertz CT molecular complexity index is 1210. The Labute approximate surface area is 289 Å². The molecule has 4 nitrogen and oxygen atoms in total. The van der Waals surface area contributed by atoms with E-state index in [1.165, 1.54) is 17.5 Å². The van der Waals surface area contributed by atoms with Gasteiger partial charge >= 0.3 is 24.1 Å². The molecule has 0 bridgehead atoms. The highest BCUT2D eigenvalue weighted by Gasteiger charge is 2.85. The van der Waals surface area contributed by atoms with E-state index in [9.17, 15) is 39.5 Å². The first-order valence-corrected chi connectivity index (χ1v) is 19.4. The second-order valence-corrected chi connectivity index (χ2v) is 16.8. The molecule has 3 saturated carbocycles. The Morgan fingerprint density at radius 3 is 2.24 bits per heavy atom. The molecule has 0 amide bonds. The fourth-order valence-electron chi connectivity index (χ4n) is 8.77. The van der Waals surface area contributed by atoms with E-state index in [0.717, 1.165) is 62.9 Å². The standard InChI is InChI=1S/C34H45F9O4S2/c1-30-14-13-26-25-10-7-23(45-16-4-18-48-49-24-8-6-22(20-24)44-2)19-21(25)5-9-27(26)28(30)11-12-29(30)46-15-3-17-47-31(32(35,36)37,33(38,39)40)34(41,42)43/h7,10,19,22,24,26-29H,3-6,8-9,11-18,20H2,1-2H3/t22?,24?,26?,27?,28?,29-,30-/m0/s1. The van der Waals surface area contributed by atoms with Crippen LogP contribution in [0, 0.1) is 17.3 Å². The van der Waals surface area contributed by atoms with Gasteiger partial charge in [0.1, 0.15) is 5.75 Å². The lowest BCUT2D eigenvalue weighted by atomic mass is 9.55. The molecule has 49 heavy (non-hydrogen) atoms. The molecule has 280 valence electrons. The van der Waals surface area contributed by atoms with Crippen molar-refractivity contribution in [2.24, 2.45) is 17.3 Å². The maximum absolute atomic E-state index is 13.1. The van der Waals surface area contributed by atoms with Crippen LogP contribution in [-0.4, -0.2) is 74.3 Å². The van der Waals surface area contributed by atoms with Crippen LogP contribution in [0.4, 0.5) is 39.5 Å². The second-order valence-electron chi connectivity index (χ2n) is 14.0. The molecule has 5 unspecified atom stereocenters. The van der Waals surface area contributed by atoms with E-state index in [4.69, 9.17) is 14.2 Å². The van der Waals surface area contributed by atoms with E-state index >= 15 is 0 Å². The second kappa shape index (κ2) is 15.5. The number of benzene rings is 1. The molecule has 3 fully saturated rings. The number of ether oxygens (including phenoxy) is 4. The molecule has 1 aromatic rings. The van der Waals surface area contributed by atoms with Crippen LogP contribution >= 0.6 is 21.6 Å². The monoisotopic (exact) mass is 752 g/mol. The maximum Gasteiger partial charge on any atom is 0.435 e. The van der Waals surface area contributed by atoms with Crippen molar-refractivity contribution in [3.05, 3.63) is 29.3 Å². The fraction of sp³-hybridized carbons (Fsp3) is 0.824. The molecule has 0 heterocycles. The van der Waals surface area contributed by atoms with E-state index in [2.05, 4.69) is 23.8 Å². The highest BCUT2D eigenvalue weighted by molar-refractivity contribution is 8.76. The van der Waals surface area contributed by atoms with Gasteiger partial charge in [0.05, 0.1) is 25.4 Å². The normalized spacial score (nSPS) is 30.6. The van der Waals surface area contributed by atoms with Crippen molar-refractivity contribution in [3.8, 4) is 5.75 Å². The third-order valence-corrected chi connectivity index (χ3v) is 14.3. The van der Waals surface area contributed by atoms with Crippen LogP contribution < -0.4 is 4.74 Å². The van der Waals surface area contributed by atoms with Crippen LogP contribution in [-0.2, 0) is 20.6 Å². The Hall–Kier alpha value is -1.03. The third-order valence-electron chi connectivity index (χ3n) is 11.2. The largest absolute Gasteiger partial charge is 0.494 e. The molecule has 4 aliphatic rings. The zero-order chi connectivity index (χ0) is 35.7. The molecular weight excluding hydrogens is 707 g/mol. The topological polar surface area (TPSA) is 36.9 Å². The smallest absolute Gasteiger partial charge is 0.435 e. The summed E-state index contributed by atoms with van der Waals surface area (Å²) in [6, 6.07) is 6.40. The molecule has 0 aromatic heterocycles. The van der Waals surface area contributed by atoms with Gasteiger partial charge in [-0.15, -0.1) is 0 Å². The van der Waals surface area contributed by atoms with Crippen LogP contribution in [0.5, 0.6) is 5.75 Å². The zero-order valence-electron chi connectivity index (χ0n) is 27.7. The van der Waals surface area contributed by atoms with Crippen LogP contribution in [0.1, 0.15) is 88.2 Å². The minimum Gasteiger partial charge on any atom is -0.494 e. The number of fused-ring (bicyclic) bond motifs is 5. The lowest BCUT2D eigenvalue weighted by molar-refractivity contribution is -0.457. The first-order chi connectivity index (χ1) is 23.0. The van der Waals surface area contributed by atoms with Gasteiger partial charge in [0, 0.05) is 24.7 Å². The van der Waals surface area contributed by atoms with Crippen molar-refractivity contribution in [2.45, 2.75) is 125 Å². The van der Waals surface area contributed by atoms with E-state index in [0.29, 0.717) is 42.1 Å². The number of halogens is 9. The summed E-state index contributed by atoms with van der Waals surface area (Å²) in [7, 11) is 5.65. The van der Waals surface area contributed by atoms with Crippen molar-refractivity contribution < 1.29 is 58.5 Å². The minimum absolute atomic E-state index is 0.240. The molecule has 1 aromatic carbocycles. The summed E-state index contributed by atoms with van der Waals surface area (Å²) >= 11 is 0. The van der Waals surface area contributed by atoms with E-state index in [1.54, 1.807) is 7.11 Å². The van der Waals surface area contributed by atoms with Crippen molar-refractivity contribution >= 4 is 21.6 Å². The van der Waals surface area contributed by atoms with E-state index in [-0.39, 0.29) is 18.1 Å². The van der Waals surface area contributed by atoms with E-state index in [1.807, 2.05) is 27.7 Å². The molecule has 5 rings (SSSR count). The van der Waals surface area contributed by atoms with E-state index < -0.39 is 37.2 Å². The first kappa shape index (κ1) is 39.2. The summed E-state index contributed by atoms with van der Waals surface area (Å²) in [5, 5.41) is 0.663. The summed E-state index contributed by atoms with van der Waals surface area (Å²) in [5.74, 6) is 3.02. The molecule has 0 spiro atoms. The maximum atomic E-state index is 13.1. The zero-order valence-corrected chi connectivity index (χ0v) is 29.3. The Morgan fingerprint density at radius 1 is 0.837 bits per heavy atom. The average Bonchev–Trinajstić information content (AvgIpc) is 3.62. The van der Waals surface area contributed by atoms with Crippen LogP contribution in [0.2, 0.25) is 0 Å². The number of methoxy groups -OCH3 is 1. The number of hydrogen-bond acceptors (Lipinski definition) is 6. The summed E-state index contributed by atoms with van der Waals surface area (Å²) < 4.78 is 139. The Balaban J connectivity index is 1.08. The van der Waals surface area contributed by atoms with Crippen molar-refractivity contribution in [2.75, 3.05) is 32.7 Å². The highest BCUT2D eigenvalue weighted by atomic mass is 33.1. The van der Waals surface area contributed by atoms with Gasteiger partial charge in [0.2, 0.25) is 0 Å². The SMILES string of the molecule is COC1CCC(SSCCCOc2ccc3c(c2)CCC2C3CC[C@@]3(C)C2CC[C@@H]3OCCCOC(C(F)(F)F)(C(F)(F)F)C(F)(F)F)C1. The predicted octanol–water partition coefficient (Wildman–Crippen LogP) is 10.5. The predicted molar refractivity (Wildman–Crippen MR) is 171 cm³/mol. The molecule has 0 N–H and O–H groups in total. The summed E-state index contributed by atoms with van der Waals surface area (Å²) in [6.45, 7) is 1.07. The summed E-state index contributed by atoms with van der Waals surface area (Å²) in [6.07, 6.45) is -11.0. The molecule has 15 heteroatoms. The Morgan fingerprint density at radius 2 is 1.57 bits per heavy atom. The summed E-state index contributed by atoms with van der Waals surface area (Å²) in [4.78, 5) is 0. The van der Waals surface area contributed by atoms with Gasteiger partial charge in [-0.1, -0.05) is 34.6 Å². The van der Waals surface area contributed by atoms with Crippen molar-refractivity contribution in [3.63, 3.8) is 0 Å². The van der Waals surface area contributed by atoms with Crippen LogP contribution in [0.25, 0.3) is 0 Å². The van der Waals surface area contributed by atoms with Gasteiger partial charge in [-0.05, 0) is 117 Å². The number of hydrogen-bond donors (Lipinski definition) is 0. The van der Waals surface area contributed by atoms with Gasteiger partial charge < -0.3 is 18.9 Å². The van der Waals surface area contributed by atoms with Crippen LogP contribution in [0.3, 0.4) is 0 Å². The minimum atomic E-state index is -6.73. The van der Waals surface area contributed by atoms with Crippen molar-refractivity contribution in [1.82, 2.24) is 0 Å². The lowest BCUT2D eigenvalue weighted by Gasteiger charge is -2.50. The van der Waals surface area contributed by atoms with Crippen molar-refractivity contribution in [1.29, 1.82) is 0 Å². The molecule has 0 aliphatic heterocycles. The third kappa shape index (κ3) is 8.15. The molecule has 7 atom stereocenters. The number of alkyl halides is 9. The van der Waals surface area contributed by atoms with Gasteiger partial charge in [0.25, 0.3) is 0 Å². The molecule has 0 radical (unpaired) electrons. The summed E-state index contributed by atoms with van der Waals surface area (Å²) in [5.41, 5.74) is -3.84. The molecular formula is C34H45F9O4S2. The Kier molecular flexibility index (Phi) is 12.4. The first-order valence-electron chi connectivity index (χ1n) is 17.0. The fourth-order valence-corrected chi connectivity index (χ4v) is 11.6. The van der Waals surface area contributed by atoms with Gasteiger partial charge in [-0.25, -0.2) is 0 Å². The van der Waals surface area contributed by atoms with Gasteiger partial charge in [0.15, 0.2) is 0 Å². The highest BCUT2D eigenvalue weighted by Crippen LogP contribution is 2.62. The van der Waals surface area contributed by atoms with Gasteiger partial charge in [-0.3, -0.25) is 0 Å². The quantitative estimate of drug-likeness (QED) is 0.107. The van der Waals surface area contributed by atoms with Gasteiger partial charge in [-0.2, -0.15) is 39.5 Å².